The molecule has 0 fully saturated rings. The van der Waals surface area contributed by atoms with Crippen molar-refractivity contribution in [3.63, 3.8) is 0 Å². The maximum absolute atomic E-state index is 12.3. The third-order valence-corrected chi connectivity index (χ3v) is 3.58. The molecule has 3 aromatic rings. The van der Waals surface area contributed by atoms with Crippen molar-refractivity contribution in [3.8, 4) is 0 Å². The lowest BCUT2D eigenvalue weighted by Crippen LogP contribution is -2.31. The first-order valence-electron chi connectivity index (χ1n) is 7.28. The number of halogens is 1. The van der Waals surface area contributed by atoms with Gasteiger partial charge in [0.1, 0.15) is 11.8 Å². The number of rotatable bonds is 5. The fraction of sp³-hybridized carbons (Fsp3) is 0.250. The van der Waals surface area contributed by atoms with Crippen molar-refractivity contribution in [3.05, 3.63) is 64.1 Å². The van der Waals surface area contributed by atoms with E-state index in [1.807, 2.05) is 0 Å². The standard InChI is InChI=1S/C16H15ClN4O3/c1-9-7-13(20-23-9)8-14(22)19-15(16-18-10(2)24-21-16)11-3-5-12(17)6-4-11/h3-7,15H,8H2,1-2H3,(H,19,22)/t15-/m1/s1. The molecule has 0 radical (unpaired) electrons. The van der Waals surface area contributed by atoms with Crippen LogP contribution in [-0.4, -0.2) is 21.2 Å². The van der Waals surface area contributed by atoms with Gasteiger partial charge in [-0.25, -0.2) is 0 Å². The van der Waals surface area contributed by atoms with Gasteiger partial charge in [0.25, 0.3) is 0 Å². The van der Waals surface area contributed by atoms with Crippen molar-refractivity contribution >= 4 is 17.5 Å². The summed E-state index contributed by atoms with van der Waals surface area (Å²) in [7, 11) is 0. The van der Waals surface area contributed by atoms with E-state index in [1.54, 1.807) is 44.2 Å². The molecule has 24 heavy (non-hydrogen) atoms. The van der Waals surface area contributed by atoms with Crippen LogP contribution in [0.15, 0.2) is 39.4 Å². The average molecular weight is 347 g/mol. The molecule has 2 heterocycles. The first-order chi connectivity index (χ1) is 11.5. The lowest BCUT2D eigenvalue weighted by atomic mass is 10.1. The highest BCUT2D eigenvalue weighted by Crippen LogP contribution is 2.22. The summed E-state index contributed by atoms with van der Waals surface area (Å²) < 4.78 is 10.00. The zero-order valence-electron chi connectivity index (χ0n) is 13.1. The lowest BCUT2D eigenvalue weighted by Gasteiger charge is -2.15. The fourth-order valence-electron chi connectivity index (χ4n) is 2.26. The first-order valence-corrected chi connectivity index (χ1v) is 7.66. The van der Waals surface area contributed by atoms with Crippen molar-refractivity contribution in [2.24, 2.45) is 0 Å². The van der Waals surface area contributed by atoms with Gasteiger partial charge in [-0.3, -0.25) is 4.79 Å². The van der Waals surface area contributed by atoms with E-state index in [1.165, 1.54) is 0 Å². The Morgan fingerprint density at radius 3 is 2.54 bits per heavy atom. The third kappa shape index (κ3) is 3.80. The number of aromatic nitrogens is 3. The second-order valence-corrected chi connectivity index (χ2v) is 5.77. The van der Waals surface area contributed by atoms with Gasteiger partial charge >= 0.3 is 0 Å². The van der Waals surface area contributed by atoms with Crippen LogP contribution in [0.5, 0.6) is 0 Å². The number of benzene rings is 1. The molecule has 0 spiro atoms. The predicted molar refractivity (Wildman–Crippen MR) is 85.4 cm³/mol. The van der Waals surface area contributed by atoms with Crippen LogP contribution in [0.25, 0.3) is 0 Å². The minimum Gasteiger partial charge on any atom is -0.361 e. The monoisotopic (exact) mass is 346 g/mol. The van der Waals surface area contributed by atoms with E-state index in [9.17, 15) is 4.79 Å². The zero-order chi connectivity index (χ0) is 17.1. The Bertz CT molecular complexity index is 841. The Labute approximate surface area is 143 Å². The molecule has 0 aliphatic carbocycles. The van der Waals surface area contributed by atoms with Crippen LogP contribution in [0.1, 0.15) is 34.8 Å². The Kier molecular flexibility index (Phi) is 4.61. The quantitative estimate of drug-likeness (QED) is 0.763. The number of carbonyl (C=O) groups is 1. The summed E-state index contributed by atoms with van der Waals surface area (Å²) in [6, 6.07) is 8.27. The lowest BCUT2D eigenvalue weighted by molar-refractivity contribution is -0.121. The molecule has 0 saturated carbocycles. The van der Waals surface area contributed by atoms with Crippen LogP contribution in [-0.2, 0) is 11.2 Å². The molecule has 1 N–H and O–H groups in total. The van der Waals surface area contributed by atoms with Crippen molar-refractivity contribution < 1.29 is 13.8 Å². The van der Waals surface area contributed by atoms with Gasteiger partial charge < -0.3 is 14.4 Å². The molecule has 2 aromatic heterocycles. The highest BCUT2D eigenvalue weighted by Gasteiger charge is 2.22. The highest BCUT2D eigenvalue weighted by atomic mass is 35.5. The van der Waals surface area contributed by atoms with Gasteiger partial charge in [0.15, 0.2) is 5.82 Å². The van der Waals surface area contributed by atoms with Gasteiger partial charge in [0, 0.05) is 18.0 Å². The Morgan fingerprint density at radius 2 is 1.96 bits per heavy atom. The molecule has 7 nitrogen and oxygen atoms in total. The summed E-state index contributed by atoms with van der Waals surface area (Å²) in [6.45, 7) is 3.46. The summed E-state index contributed by atoms with van der Waals surface area (Å²) in [5.74, 6) is 1.22. The number of hydrogen-bond donors (Lipinski definition) is 1. The van der Waals surface area contributed by atoms with Gasteiger partial charge in [-0.15, -0.1) is 0 Å². The SMILES string of the molecule is Cc1cc(CC(=O)N[C@H](c2ccc(Cl)cc2)c2noc(C)n2)no1. The van der Waals surface area contributed by atoms with Gasteiger partial charge in [-0.2, -0.15) is 4.98 Å². The van der Waals surface area contributed by atoms with E-state index in [4.69, 9.17) is 20.6 Å². The number of carbonyl (C=O) groups excluding carboxylic acids is 1. The predicted octanol–water partition coefficient (Wildman–Crippen LogP) is 2.78. The van der Waals surface area contributed by atoms with Crippen LogP contribution in [0.3, 0.4) is 0 Å². The molecule has 0 aliphatic heterocycles. The molecule has 0 aliphatic rings. The fourth-order valence-corrected chi connectivity index (χ4v) is 2.39. The molecule has 124 valence electrons. The number of amides is 1. The molecular weight excluding hydrogens is 332 g/mol. The van der Waals surface area contributed by atoms with Gasteiger partial charge in [0.05, 0.1) is 12.1 Å². The van der Waals surface area contributed by atoms with Crippen molar-refractivity contribution in [1.29, 1.82) is 0 Å². The molecule has 1 aromatic carbocycles. The maximum Gasteiger partial charge on any atom is 0.227 e. The molecular formula is C16H15ClN4O3. The Morgan fingerprint density at radius 1 is 1.21 bits per heavy atom. The second-order valence-electron chi connectivity index (χ2n) is 5.33. The van der Waals surface area contributed by atoms with E-state index in [-0.39, 0.29) is 12.3 Å². The third-order valence-electron chi connectivity index (χ3n) is 3.33. The minimum absolute atomic E-state index is 0.0955. The maximum atomic E-state index is 12.3. The van der Waals surface area contributed by atoms with Gasteiger partial charge in [0.2, 0.25) is 11.8 Å². The van der Waals surface area contributed by atoms with Crippen molar-refractivity contribution in [2.75, 3.05) is 0 Å². The average Bonchev–Trinajstić information content (AvgIpc) is 3.14. The summed E-state index contributed by atoms with van der Waals surface area (Å²) in [5, 5.41) is 11.2. The summed E-state index contributed by atoms with van der Waals surface area (Å²) in [4.78, 5) is 16.6. The van der Waals surface area contributed by atoms with E-state index in [2.05, 4.69) is 20.6 Å². The van der Waals surface area contributed by atoms with Crippen LogP contribution < -0.4 is 5.32 Å². The highest BCUT2D eigenvalue weighted by molar-refractivity contribution is 6.30. The largest absolute Gasteiger partial charge is 0.361 e. The number of hydrogen-bond acceptors (Lipinski definition) is 6. The summed E-state index contributed by atoms with van der Waals surface area (Å²) in [5.41, 5.74) is 1.36. The number of aryl methyl sites for hydroxylation is 2. The number of nitrogens with one attached hydrogen (secondary N) is 1. The van der Waals surface area contributed by atoms with Crippen LogP contribution in [0.4, 0.5) is 0 Å². The topological polar surface area (TPSA) is 94.1 Å². The normalized spacial score (nSPS) is 12.1. The van der Waals surface area contributed by atoms with Crippen LogP contribution in [0, 0.1) is 13.8 Å². The van der Waals surface area contributed by atoms with Crippen molar-refractivity contribution in [1.82, 2.24) is 20.6 Å². The first kappa shape index (κ1) is 16.2. The van der Waals surface area contributed by atoms with Gasteiger partial charge in [-0.05, 0) is 24.6 Å². The summed E-state index contributed by atoms with van der Waals surface area (Å²) in [6.07, 6.45) is 0.0955. The number of nitrogens with zero attached hydrogens (tertiary/aromatic N) is 3. The second kappa shape index (κ2) is 6.84. The van der Waals surface area contributed by atoms with Crippen LogP contribution in [0.2, 0.25) is 5.02 Å². The molecule has 1 atom stereocenters. The van der Waals surface area contributed by atoms with E-state index in [0.717, 1.165) is 5.56 Å². The van der Waals surface area contributed by atoms with E-state index in [0.29, 0.717) is 28.2 Å². The smallest absolute Gasteiger partial charge is 0.227 e. The Hall–Kier alpha value is -2.67. The van der Waals surface area contributed by atoms with E-state index >= 15 is 0 Å². The Balaban J connectivity index is 1.81. The van der Waals surface area contributed by atoms with Crippen LogP contribution >= 0.6 is 11.6 Å². The van der Waals surface area contributed by atoms with Crippen molar-refractivity contribution in [2.45, 2.75) is 26.3 Å². The minimum atomic E-state index is -0.541. The molecule has 8 heteroatoms. The van der Waals surface area contributed by atoms with Gasteiger partial charge in [-0.1, -0.05) is 34.0 Å². The molecule has 0 unspecified atom stereocenters. The molecule has 3 rings (SSSR count). The zero-order valence-corrected chi connectivity index (χ0v) is 13.9. The van der Waals surface area contributed by atoms with E-state index < -0.39 is 6.04 Å². The summed E-state index contributed by atoms with van der Waals surface area (Å²) >= 11 is 5.93. The molecule has 0 saturated heterocycles. The molecule has 0 bridgehead atoms. The molecule has 1 amide bonds.